The second kappa shape index (κ2) is 6.81. The topological polar surface area (TPSA) is 61.0 Å². The Hall–Kier alpha value is -2.05. The Balaban J connectivity index is 1.78. The highest BCUT2D eigenvalue weighted by Gasteiger charge is 2.16. The average molecular weight is 315 g/mol. The fourth-order valence-electron chi connectivity index (χ4n) is 2.14. The lowest BCUT2D eigenvalue weighted by atomic mass is 10.2. The van der Waals surface area contributed by atoms with E-state index in [1.54, 1.807) is 18.4 Å². The molecule has 0 N–H and O–H groups in total. The van der Waals surface area contributed by atoms with Gasteiger partial charge >= 0.3 is 0 Å². The Morgan fingerprint density at radius 2 is 2.00 bits per heavy atom. The lowest BCUT2D eigenvalue weighted by Crippen LogP contribution is -1.96. The minimum Gasteiger partial charge on any atom is -0.384 e. The third-order valence-corrected chi connectivity index (χ3v) is 4.38. The molecule has 114 valence electrons. The van der Waals surface area contributed by atoms with Gasteiger partial charge in [-0.15, -0.1) is 11.3 Å². The third kappa shape index (κ3) is 3.40. The largest absolute Gasteiger partial charge is 0.384 e. The Labute approximate surface area is 133 Å². The molecule has 0 amide bonds. The molecule has 6 heteroatoms. The summed E-state index contributed by atoms with van der Waals surface area (Å²) in [6.45, 7) is 2.55. The number of aryl methyl sites for hydroxylation is 1. The molecule has 0 spiro atoms. The summed E-state index contributed by atoms with van der Waals surface area (Å²) in [5.41, 5.74) is 2.17. The summed E-state index contributed by atoms with van der Waals surface area (Å²) in [5, 5.41) is 5.03. The smallest absolute Gasteiger partial charge is 0.269 e. The van der Waals surface area contributed by atoms with Crippen LogP contribution in [-0.2, 0) is 17.6 Å². The summed E-state index contributed by atoms with van der Waals surface area (Å²) in [4.78, 5) is 9.98. The molecule has 2 heterocycles. The molecule has 1 aromatic carbocycles. The van der Waals surface area contributed by atoms with Crippen LogP contribution in [-0.4, -0.2) is 28.8 Å². The predicted octanol–water partition coefficient (Wildman–Crippen LogP) is 3.28. The van der Waals surface area contributed by atoms with Crippen LogP contribution in [0.1, 0.15) is 22.1 Å². The molecule has 2 aromatic heterocycles. The molecule has 0 aliphatic carbocycles. The lowest BCUT2D eigenvalue weighted by molar-refractivity contribution is 0.199. The molecule has 0 aliphatic rings. The number of hydrogen-bond acceptors (Lipinski definition) is 6. The lowest BCUT2D eigenvalue weighted by Gasteiger charge is -1.95. The van der Waals surface area contributed by atoms with Crippen LogP contribution in [0.3, 0.4) is 0 Å². The Morgan fingerprint density at radius 3 is 2.77 bits per heavy atom. The van der Waals surface area contributed by atoms with Crippen molar-refractivity contribution in [1.29, 1.82) is 0 Å². The maximum atomic E-state index is 5.35. The summed E-state index contributed by atoms with van der Waals surface area (Å²) < 4.78 is 10.4. The van der Waals surface area contributed by atoms with Crippen LogP contribution in [0.2, 0.25) is 0 Å². The van der Waals surface area contributed by atoms with Crippen molar-refractivity contribution < 1.29 is 9.26 Å². The number of ether oxygens (including phenoxy) is 1. The van der Waals surface area contributed by atoms with E-state index in [0.29, 0.717) is 24.7 Å². The molecule has 0 atom stereocenters. The number of benzene rings is 1. The van der Waals surface area contributed by atoms with Gasteiger partial charge in [0.1, 0.15) is 4.88 Å². The molecule has 0 radical (unpaired) electrons. The zero-order chi connectivity index (χ0) is 15.4. The summed E-state index contributed by atoms with van der Waals surface area (Å²) >= 11 is 1.61. The van der Waals surface area contributed by atoms with E-state index in [4.69, 9.17) is 9.26 Å². The molecule has 0 unspecified atom stereocenters. The first-order chi connectivity index (χ1) is 10.8. The monoisotopic (exact) mass is 315 g/mol. The van der Waals surface area contributed by atoms with Crippen molar-refractivity contribution in [2.75, 3.05) is 13.7 Å². The fraction of sp³-hybridized carbons (Fsp3) is 0.312. The van der Waals surface area contributed by atoms with Crippen molar-refractivity contribution in [1.82, 2.24) is 15.1 Å². The zero-order valence-electron chi connectivity index (χ0n) is 12.6. The molecule has 22 heavy (non-hydrogen) atoms. The second-order valence-corrected chi connectivity index (χ2v) is 6.03. The Bertz CT molecular complexity index is 737. The zero-order valence-corrected chi connectivity index (χ0v) is 13.4. The van der Waals surface area contributed by atoms with E-state index in [9.17, 15) is 0 Å². The minimum atomic E-state index is 0.542. The second-order valence-electron chi connectivity index (χ2n) is 4.94. The molecule has 5 nitrogen and oxygen atoms in total. The minimum absolute atomic E-state index is 0.542. The van der Waals surface area contributed by atoms with Gasteiger partial charge in [-0.05, 0) is 12.5 Å². The highest BCUT2D eigenvalue weighted by Crippen LogP contribution is 2.29. The van der Waals surface area contributed by atoms with Crippen molar-refractivity contribution in [2.24, 2.45) is 0 Å². The number of nitrogens with zero attached hydrogens (tertiary/aromatic N) is 3. The number of methoxy groups -OCH3 is 1. The van der Waals surface area contributed by atoms with Crippen molar-refractivity contribution >= 4 is 11.3 Å². The van der Waals surface area contributed by atoms with Crippen LogP contribution in [0.25, 0.3) is 10.8 Å². The summed E-state index contributed by atoms with van der Waals surface area (Å²) in [5.74, 6) is 1.20. The van der Waals surface area contributed by atoms with Gasteiger partial charge in [-0.25, -0.2) is 4.98 Å². The van der Waals surface area contributed by atoms with Gasteiger partial charge in [0.2, 0.25) is 0 Å². The molecule has 3 aromatic rings. The highest BCUT2D eigenvalue weighted by atomic mass is 32.1. The first-order valence-electron chi connectivity index (χ1n) is 7.08. The van der Waals surface area contributed by atoms with E-state index in [2.05, 4.69) is 27.3 Å². The maximum Gasteiger partial charge on any atom is 0.269 e. The predicted molar refractivity (Wildman–Crippen MR) is 85.0 cm³/mol. The van der Waals surface area contributed by atoms with Gasteiger partial charge in [0.25, 0.3) is 5.89 Å². The molecule has 3 rings (SSSR count). The molecule has 0 fully saturated rings. The number of aromatic nitrogens is 3. The highest BCUT2D eigenvalue weighted by molar-refractivity contribution is 7.15. The van der Waals surface area contributed by atoms with Gasteiger partial charge in [-0.3, -0.25) is 0 Å². The van der Waals surface area contributed by atoms with Gasteiger partial charge in [-0.1, -0.05) is 35.5 Å². The van der Waals surface area contributed by atoms with Gasteiger partial charge in [0.15, 0.2) is 5.82 Å². The van der Waals surface area contributed by atoms with E-state index in [0.717, 1.165) is 22.0 Å². The number of hydrogen-bond donors (Lipinski definition) is 0. The first-order valence-corrected chi connectivity index (χ1v) is 7.90. The van der Waals surface area contributed by atoms with Crippen molar-refractivity contribution in [3.8, 4) is 10.8 Å². The summed E-state index contributed by atoms with van der Waals surface area (Å²) in [6, 6.07) is 10.3. The molecular weight excluding hydrogens is 298 g/mol. The van der Waals surface area contributed by atoms with Gasteiger partial charge in [0.05, 0.1) is 17.3 Å². The Morgan fingerprint density at radius 1 is 1.18 bits per heavy atom. The summed E-state index contributed by atoms with van der Waals surface area (Å²) in [6.07, 6.45) is 1.46. The number of thiazole rings is 1. The first kappa shape index (κ1) is 14.9. The molecule has 0 saturated heterocycles. The van der Waals surface area contributed by atoms with E-state index in [-0.39, 0.29) is 0 Å². The van der Waals surface area contributed by atoms with E-state index < -0.39 is 0 Å². The quantitative estimate of drug-likeness (QED) is 0.698. The van der Waals surface area contributed by atoms with Gasteiger partial charge < -0.3 is 9.26 Å². The van der Waals surface area contributed by atoms with Gasteiger partial charge in [-0.2, -0.15) is 4.98 Å². The molecule has 0 bridgehead atoms. The Kier molecular flexibility index (Phi) is 4.60. The van der Waals surface area contributed by atoms with E-state index in [1.807, 2.05) is 25.1 Å². The van der Waals surface area contributed by atoms with Crippen molar-refractivity contribution in [2.45, 2.75) is 19.8 Å². The molecular formula is C16H17N3O2S. The van der Waals surface area contributed by atoms with Crippen LogP contribution in [0.5, 0.6) is 0 Å². The molecule has 0 saturated carbocycles. The van der Waals surface area contributed by atoms with Crippen LogP contribution in [0.15, 0.2) is 34.9 Å². The van der Waals surface area contributed by atoms with Crippen molar-refractivity contribution in [3.05, 3.63) is 52.4 Å². The van der Waals surface area contributed by atoms with Crippen molar-refractivity contribution in [3.63, 3.8) is 0 Å². The van der Waals surface area contributed by atoms with Crippen LogP contribution < -0.4 is 0 Å². The third-order valence-electron chi connectivity index (χ3n) is 3.23. The van der Waals surface area contributed by atoms with Crippen LogP contribution in [0, 0.1) is 6.92 Å². The standard InChI is InChI=1S/C16H17N3O2S/c1-11-15(16-18-13(19-21-16)8-9-20-2)22-14(17-11)10-12-6-4-3-5-7-12/h3-7H,8-10H2,1-2H3. The fourth-order valence-corrected chi connectivity index (χ4v) is 3.16. The number of rotatable bonds is 6. The van der Waals surface area contributed by atoms with Crippen LogP contribution >= 0.6 is 11.3 Å². The van der Waals surface area contributed by atoms with Crippen LogP contribution in [0.4, 0.5) is 0 Å². The average Bonchev–Trinajstić information content (AvgIpc) is 3.13. The van der Waals surface area contributed by atoms with E-state index >= 15 is 0 Å². The van der Waals surface area contributed by atoms with E-state index in [1.165, 1.54) is 5.56 Å². The SMILES string of the molecule is COCCc1noc(-c2sc(Cc3ccccc3)nc2C)n1. The normalized spacial score (nSPS) is 11.0. The van der Waals surface area contributed by atoms with Gasteiger partial charge in [0, 0.05) is 20.0 Å². The summed E-state index contributed by atoms with van der Waals surface area (Å²) in [7, 11) is 1.66. The molecule has 0 aliphatic heterocycles. The maximum absolute atomic E-state index is 5.35.